The number of unbranched alkanes of at least 4 members (excludes halogenated alkanes) is 1. The van der Waals surface area contributed by atoms with Crippen molar-refractivity contribution in [1.82, 2.24) is 10.2 Å². The fourth-order valence-corrected chi connectivity index (χ4v) is 3.92. The standard InChI is InChI=1S/C26H30N2O3/c29-26(20-31-24-13-12-21-8-4-5-11-23(21)18-24)27-14-6-7-15-28-16-17-30-25(19-28)22-9-2-1-3-10-22/h1-5,8-13,18,25H,6-7,14-17,19-20H2,(H,27,29)/t25-/m0/s1. The highest BCUT2D eigenvalue weighted by Gasteiger charge is 2.21. The fraction of sp³-hybridized carbons (Fsp3) is 0.346. The van der Waals surface area contributed by atoms with Crippen molar-refractivity contribution in [2.24, 2.45) is 0 Å². The zero-order valence-corrected chi connectivity index (χ0v) is 17.8. The Morgan fingerprint density at radius 2 is 1.81 bits per heavy atom. The SMILES string of the molecule is O=C(COc1ccc2ccccc2c1)NCCCCN1CCO[C@H](c2ccccc2)C1. The number of fused-ring (bicyclic) bond motifs is 1. The van der Waals surface area contributed by atoms with Crippen LogP contribution in [-0.2, 0) is 9.53 Å². The van der Waals surface area contributed by atoms with Gasteiger partial charge in [0.25, 0.3) is 5.91 Å². The third-order valence-electron chi connectivity index (χ3n) is 5.64. The van der Waals surface area contributed by atoms with Crippen molar-refractivity contribution in [1.29, 1.82) is 0 Å². The van der Waals surface area contributed by atoms with Gasteiger partial charge in [-0.25, -0.2) is 0 Å². The summed E-state index contributed by atoms with van der Waals surface area (Å²) in [6.07, 6.45) is 2.16. The van der Waals surface area contributed by atoms with Crippen molar-refractivity contribution in [3.05, 3.63) is 78.4 Å². The lowest BCUT2D eigenvalue weighted by molar-refractivity contribution is -0.123. The first-order valence-corrected chi connectivity index (χ1v) is 11.1. The largest absolute Gasteiger partial charge is 0.484 e. The van der Waals surface area contributed by atoms with Gasteiger partial charge in [-0.05, 0) is 47.9 Å². The van der Waals surface area contributed by atoms with Crippen LogP contribution in [-0.4, -0.2) is 50.2 Å². The maximum Gasteiger partial charge on any atom is 0.257 e. The van der Waals surface area contributed by atoms with Crippen LogP contribution in [0.4, 0.5) is 0 Å². The smallest absolute Gasteiger partial charge is 0.257 e. The van der Waals surface area contributed by atoms with Crippen LogP contribution in [0.5, 0.6) is 5.75 Å². The molecule has 0 saturated carbocycles. The molecule has 3 aromatic rings. The molecular weight excluding hydrogens is 388 g/mol. The zero-order valence-electron chi connectivity index (χ0n) is 17.8. The quantitative estimate of drug-likeness (QED) is 0.530. The van der Waals surface area contributed by atoms with Crippen molar-refractivity contribution in [2.75, 3.05) is 39.4 Å². The van der Waals surface area contributed by atoms with Gasteiger partial charge >= 0.3 is 0 Å². The van der Waals surface area contributed by atoms with Gasteiger partial charge in [0, 0.05) is 19.6 Å². The van der Waals surface area contributed by atoms with E-state index in [0.717, 1.165) is 49.9 Å². The van der Waals surface area contributed by atoms with Crippen molar-refractivity contribution in [2.45, 2.75) is 18.9 Å². The molecule has 0 aliphatic carbocycles. The summed E-state index contributed by atoms with van der Waals surface area (Å²) in [6.45, 7) is 4.40. The number of rotatable bonds is 9. The summed E-state index contributed by atoms with van der Waals surface area (Å²) in [5.41, 5.74) is 1.24. The van der Waals surface area contributed by atoms with Crippen molar-refractivity contribution in [3.63, 3.8) is 0 Å². The number of amides is 1. The highest BCUT2D eigenvalue weighted by Crippen LogP contribution is 2.22. The maximum absolute atomic E-state index is 12.1. The van der Waals surface area contributed by atoms with Crippen LogP contribution in [0.2, 0.25) is 0 Å². The Kier molecular flexibility index (Phi) is 7.53. The Morgan fingerprint density at radius 1 is 1.00 bits per heavy atom. The van der Waals surface area contributed by atoms with E-state index >= 15 is 0 Å². The number of nitrogens with one attached hydrogen (secondary N) is 1. The summed E-state index contributed by atoms with van der Waals surface area (Å²) in [5, 5.41) is 5.23. The average molecular weight is 419 g/mol. The second kappa shape index (κ2) is 10.9. The van der Waals surface area contributed by atoms with Crippen LogP contribution in [0.25, 0.3) is 10.8 Å². The number of carbonyl (C=O) groups is 1. The minimum absolute atomic E-state index is 0.0422. The number of benzene rings is 3. The van der Waals surface area contributed by atoms with E-state index < -0.39 is 0 Å². The third-order valence-corrected chi connectivity index (χ3v) is 5.64. The first-order chi connectivity index (χ1) is 15.3. The summed E-state index contributed by atoms with van der Waals surface area (Å²) in [7, 11) is 0. The molecule has 0 radical (unpaired) electrons. The predicted octanol–water partition coefficient (Wildman–Crippen LogP) is 4.19. The molecule has 1 aliphatic rings. The molecule has 162 valence electrons. The number of morpholine rings is 1. The number of hydrogen-bond donors (Lipinski definition) is 1. The van der Waals surface area contributed by atoms with Gasteiger partial charge in [0.2, 0.25) is 0 Å². The lowest BCUT2D eigenvalue weighted by Crippen LogP contribution is -2.39. The van der Waals surface area contributed by atoms with Crippen molar-refractivity contribution >= 4 is 16.7 Å². The van der Waals surface area contributed by atoms with Gasteiger partial charge < -0.3 is 14.8 Å². The molecule has 0 spiro atoms. The lowest BCUT2D eigenvalue weighted by Gasteiger charge is -2.33. The molecular formula is C26H30N2O3. The minimum atomic E-state index is -0.0799. The Morgan fingerprint density at radius 3 is 2.68 bits per heavy atom. The average Bonchev–Trinajstić information content (AvgIpc) is 2.83. The number of carbonyl (C=O) groups excluding carboxylic acids is 1. The van der Waals surface area contributed by atoms with E-state index in [9.17, 15) is 4.79 Å². The monoisotopic (exact) mass is 418 g/mol. The zero-order chi connectivity index (χ0) is 21.3. The van der Waals surface area contributed by atoms with E-state index in [1.165, 1.54) is 5.56 Å². The molecule has 31 heavy (non-hydrogen) atoms. The molecule has 0 aromatic heterocycles. The molecule has 1 N–H and O–H groups in total. The maximum atomic E-state index is 12.1. The third kappa shape index (κ3) is 6.29. The molecule has 1 amide bonds. The summed E-state index contributed by atoms with van der Waals surface area (Å²) in [6, 6.07) is 24.4. The first kappa shape index (κ1) is 21.3. The molecule has 1 heterocycles. The Balaban J connectivity index is 1.11. The van der Waals surface area contributed by atoms with Gasteiger partial charge in [0.1, 0.15) is 5.75 Å². The molecule has 0 bridgehead atoms. The summed E-state index contributed by atoms with van der Waals surface area (Å²) in [5.74, 6) is 0.637. The first-order valence-electron chi connectivity index (χ1n) is 11.1. The fourth-order valence-electron chi connectivity index (χ4n) is 3.92. The molecule has 3 aromatic carbocycles. The lowest BCUT2D eigenvalue weighted by atomic mass is 10.1. The van der Waals surface area contributed by atoms with Gasteiger partial charge in [-0.3, -0.25) is 9.69 Å². The Bertz CT molecular complexity index is 977. The van der Waals surface area contributed by atoms with E-state index in [1.54, 1.807) is 0 Å². The normalized spacial score (nSPS) is 16.8. The number of hydrogen-bond acceptors (Lipinski definition) is 4. The minimum Gasteiger partial charge on any atom is -0.484 e. The van der Waals surface area contributed by atoms with Gasteiger partial charge in [0.05, 0.1) is 12.7 Å². The Labute approximate surface area is 184 Å². The summed E-state index contributed by atoms with van der Waals surface area (Å²) >= 11 is 0. The van der Waals surface area contributed by atoms with Gasteiger partial charge in [-0.1, -0.05) is 60.7 Å². The van der Waals surface area contributed by atoms with E-state index in [2.05, 4.69) is 40.5 Å². The highest BCUT2D eigenvalue weighted by molar-refractivity contribution is 5.84. The van der Waals surface area contributed by atoms with Gasteiger partial charge in [-0.15, -0.1) is 0 Å². The number of nitrogens with zero attached hydrogens (tertiary/aromatic N) is 1. The van der Waals surface area contributed by atoms with Crippen LogP contribution in [0.1, 0.15) is 24.5 Å². The van der Waals surface area contributed by atoms with Gasteiger partial charge in [-0.2, -0.15) is 0 Å². The molecule has 1 fully saturated rings. The molecule has 1 atom stereocenters. The van der Waals surface area contributed by atoms with E-state index in [1.807, 2.05) is 42.5 Å². The van der Waals surface area contributed by atoms with Crippen LogP contribution in [0, 0.1) is 0 Å². The number of ether oxygens (including phenoxy) is 2. The molecule has 1 aliphatic heterocycles. The van der Waals surface area contributed by atoms with Crippen LogP contribution in [0.15, 0.2) is 72.8 Å². The van der Waals surface area contributed by atoms with E-state index in [4.69, 9.17) is 9.47 Å². The molecule has 5 nitrogen and oxygen atoms in total. The molecule has 0 unspecified atom stereocenters. The molecule has 4 rings (SSSR count). The molecule has 5 heteroatoms. The van der Waals surface area contributed by atoms with Crippen molar-refractivity contribution in [3.8, 4) is 5.75 Å². The second-order valence-corrected chi connectivity index (χ2v) is 7.93. The molecule has 1 saturated heterocycles. The van der Waals surface area contributed by atoms with Crippen molar-refractivity contribution < 1.29 is 14.3 Å². The van der Waals surface area contributed by atoms with Gasteiger partial charge in [0.15, 0.2) is 6.61 Å². The van der Waals surface area contributed by atoms with Crippen LogP contribution in [0.3, 0.4) is 0 Å². The predicted molar refractivity (Wildman–Crippen MR) is 123 cm³/mol. The van der Waals surface area contributed by atoms with E-state index in [0.29, 0.717) is 12.3 Å². The van der Waals surface area contributed by atoms with E-state index in [-0.39, 0.29) is 18.6 Å². The summed E-state index contributed by atoms with van der Waals surface area (Å²) < 4.78 is 11.6. The topological polar surface area (TPSA) is 50.8 Å². The van der Waals surface area contributed by atoms with Crippen LogP contribution < -0.4 is 10.1 Å². The summed E-state index contributed by atoms with van der Waals surface area (Å²) in [4.78, 5) is 14.5. The Hall–Kier alpha value is -2.89. The second-order valence-electron chi connectivity index (χ2n) is 7.93. The van der Waals surface area contributed by atoms with Crippen LogP contribution >= 0.6 is 0 Å². The highest BCUT2D eigenvalue weighted by atomic mass is 16.5.